The Kier molecular flexibility index (Phi) is 3.86. The van der Waals surface area contributed by atoms with Gasteiger partial charge in [-0.25, -0.2) is 0 Å². The number of hydrogen-bond acceptors (Lipinski definition) is 5. The van der Waals surface area contributed by atoms with Gasteiger partial charge in [-0.15, -0.1) is 11.3 Å². The van der Waals surface area contributed by atoms with Crippen molar-refractivity contribution in [2.45, 2.75) is 6.54 Å². The molecule has 2 rings (SSSR count). The van der Waals surface area contributed by atoms with Crippen molar-refractivity contribution in [2.75, 3.05) is 6.61 Å². The lowest BCUT2D eigenvalue weighted by molar-refractivity contribution is -0.125. The molecular weight excluding hydrogens is 240 g/mol. The molecule has 90 valence electrons. The summed E-state index contributed by atoms with van der Waals surface area (Å²) in [5.74, 6) is -0.511. The molecule has 0 aliphatic rings. The third-order valence-electron chi connectivity index (χ3n) is 2.06. The lowest BCUT2D eigenvalue weighted by Crippen LogP contribution is -2.24. The smallest absolute Gasteiger partial charge is 0.245 e. The number of nitrogens with one attached hydrogen (secondary N) is 2. The highest BCUT2D eigenvalue weighted by atomic mass is 32.1. The Morgan fingerprint density at radius 2 is 2.53 bits per heavy atom. The number of aromatic amines is 1. The van der Waals surface area contributed by atoms with Crippen molar-refractivity contribution in [3.8, 4) is 10.6 Å². The molecule has 7 heteroatoms. The van der Waals surface area contributed by atoms with Crippen molar-refractivity contribution in [1.82, 2.24) is 15.7 Å². The van der Waals surface area contributed by atoms with Crippen LogP contribution in [0.1, 0.15) is 5.56 Å². The van der Waals surface area contributed by atoms with Gasteiger partial charge in [-0.1, -0.05) is 6.07 Å². The molecule has 0 saturated heterocycles. The molecule has 1 amide bonds. The van der Waals surface area contributed by atoms with E-state index < -0.39 is 5.91 Å². The molecule has 0 spiro atoms. The summed E-state index contributed by atoms with van der Waals surface area (Å²) in [6.45, 7) is 0.309. The van der Waals surface area contributed by atoms with E-state index in [4.69, 9.17) is 10.6 Å². The lowest BCUT2D eigenvalue weighted by Gasteiger charge is -2.03. The predicted octanol–water partition coefficient (Wildman–Crippen LogP) is 0.645. The largest absolute Gasteiger partial charge is 0.368 e. The van der Waals surface area contributed by atoms with E-state index in [1.807, 2.05) is 17.5 Å². The number of carbonyl (C=O) groups excluding carboxylic acids is 1. The summed E-state index contributed by atoms with van der Waals surface area (Å²) in [6.07, 6.45) is 1.72. The minimum atomic E-state index is -0.511. The van der Waals surface area contributed by atoms with Gasteiger partial charge in [-0.05, 0) is 11.4 Å². The summed E-state index contributed by atoms with van der Waals surface area (Å²) in [4.78, 5) is 16.4. The maximum Gasteiger partial charge on any atom is 0.245 e. The van der Waals surface area contributed by atoms with Crippen LogP contribution in [0.3, 0.4) is 0 Å². The minimum absolute atomic E-state index is 0.147. The van der Waals surface area contributed by atoms with E-state index in [0.29, 0.717) is 6.54 Å². The monoisotopic (exact) mass is 252 g/mol. The zero-order chi connectivity index (χ0) is 12.1. The molecule has 0 aromatic carbocycles. The van der Waals surface area contributed by atoms with Crippen LogP contribution in [-0.4, -0.2) is 22.7 Å². The van der Waals surface area contributed by atoms with Crippen LogP contribution in [0.4, 0.5) is 0 Å². The van der Waals surface area contributed by atoms with Crippen LogP contribution < -0.4 is 11.2 Å². The average molecular weight is 252 g/mol. The number of rotatable bonds is 6. The Labute approximate surface area is 102 Å². The van der Waals surface area contributed by atoms with Crippen molar-refractivity contribution in [3.63, 3.8) is 0 Å². The second-order valence-electron chi connectivity index (χ2n) is 3.32. The fourth-order valence-electron chi connectivity index (χ4n) is 1.33. The number of aromatic nitrogens is 2. The highest BCUT2D eigenvalue weighted by Crippen LogP contribution is 2.25. The highest BCUT2D eigenvalue weighted by molar-refractivity contribution is 7.13. The maximum absolute atomic E-state index is 10.5. The van der Waals surface area contributed by atoms with E-state index in [2.05, 4.69) is 15.7 Å². The first-order chi connectivity index (χ1) is 8.27. The Morgan fingerprint density at radius 3 is 3.24 bits per heavy atom. The predicted molar refractivity (Wildman–Crippen MR) is 63.9 cm³/mol. The Hall–Kier alpha value is -1.70. The van der Waals surface area contributed by atoms with Crippen molar-refractivity contribution in [3.05, 3.63) is 29.3 Å². The third-order valence-corrected chi connectivity index (χ3v) is 2.95. The van der Waals surface area contributed by atoms with Crippen molar-refractivity contribution in [1.29, 1.82) is 0 Å². The summed E-state index contributed by atoms with van der Waals surface area (Å²) in [6, 6.07) is 3.98. The maximum atomic E-state index is 10.5. The second kappa shape index (κ2) is 5.58. The summed E-state index contributed by atoms with van der Waals surface area (Å²) < 4.78 is 0. The van der Waals surface area contributed by atoms with Crippen molar-refractivity contribution < 1.29 is 9.63 Å². The average Bonchev–Trinajstić information content (AvgIpc) is 2.94. The molecule has 4 N–H and O–H groups in total. The summed E-state index contributed by atoms with van der Waals surface area (Å²) in [7, 11) is 0. The highest BCUT2D eigenvalue weighted by Gasteiger charge is 2.08. The molecule has 0 radical (unpaired) electrons. The van der Waals surface area contributed by atoms with E-state index in [1.165, 1.54) is 0 Å². The van der Waals surface area contributed by atoms with E-state index in [1.54, 1.807) is 17.5 Å². The SMILES string of the molecule is NC(=O)CONCc1cn[nH]c1-c1cccs1. The van der Waals surface area contributed by atoms with Gasteiger partial charge in [0.05, 0.1) is 16.8 Å². The quantitative estimate of drug-likeness (QED) is 0.519. The van der Waals surface area contributed by atoms with E-state index in [-0.39, 0.29) is 6.61 Å². The first kappa shape index (κ1) is 11.8. The van der Waals surface area contributed by atoms with E-state index in [9.17, 15) is 4.79 Å². The summed E-state index contributed by atoms with van der Waals surface area (Å²) in [5, 5.41) is 8.91. The van der Waals surface area contributed by atoms with Crippen LogP contribution in [-0.2, 0) is 16.2 Å². The van der Waals surface area contributed by atoms with Gasteiger partial charge >= 0.3 is 0 Å². The number of hydrogen-bond donors (Lipinski definition) is 3. The molecule has 0 bridgehead atoms. The summed E-state index contributed by atoms with van der Waals surface area (Å²) >= 11 is 1.62. The first-order valence-corrected chi connectivity index (χ1v) is 5.84. The van der Waals surface area contributed by atoms with Crippen molar-refractivity contribution >= 4 is 17.2 Å². The number of nitrogens with two attached hydrogens (primary N) is 1. The molecular formula is C10H12N4O2S. The van der Waals surface area contributed by atoms with Crippen LogP contribution in [0, 0.1) is 0 Å². The number of H-pyrrole nitrogens is 1. The Balaban J connectivity index is 1.93. The normalized spacial score (nSPS) is 10.6. The van der Waals surface area contributed by atoms with E-state index >= 15 is 0 Å². The van der Waals surface area contributed by atoms with Crippen LogP contribution in [0.15, 0.2) is 23.7 Å². The fraction of sp³-hybridized carbons (Fsp3) is 0.200. The van der Waals surface area contributed by atoms with Crippen LogP contribution >= 0.6 is 11.3 Å². The number of hydroxylamine groups is 1. The van der Waals surface area contributed by atoms with Crippen LogP contribution in [0.2, 0.25) is 0 Å². The number of nitrogens with zero attached hydrogens (tertiary/aromatic N) is 1. The zero-order valence-electron chi connectivity index (χ0n) is 8.97. The topological polar surface area (TPSA) is 93.0 Å². The van der Waals surface area contributed by atoms with Gasteiger partial charge < -0.3 is 5.73 Å². The standard InChI is InChI=1S/C10H12N4O2S/c11-9(15)6-16-13-5-7-4-12-14-10(7)8-2-1-3-17-8/h1-4,13H,5-6H2,(H2,11,15)(H,12,14). The molecule has 0 aliphatic carbocycles. The van der Waals surface area contributed by atoms with Gasteiger partial charge in [-0.3, -0.25) is 14.7 Å². The summed E-state index contributed by atoms with van der Waals surface area (Å²) in [5.41, 5.74) is 9.53. The molecule has 0 saturated carbocycles. The molecule has 2 heterocycles. The minimum Gasteiger partial charge on any atom is -0.368 e. The third kappa shape index (κ3) is 3.13. The Morgan fingerprint density at radius 1 is 1.65 bits per heavy atom. The lowest BCUT2D eigenvalue weighted by atomic mass is 10.2. The van der Waals surface area contributed by atoms with Gasteiger partial charge in [0.25, 0.3) is 0 Å². The first-order valence-electron chi connectivity index (χ1n) is 4.96. The van der Waals surface area contributed by atoms with Crippen molar-refractivity contribution in [2.24, 2.45) is 5.73 Å². The molecule has 0 unspecified atom stereocenters. The number of carbonyl (C=O) groups is 1. The van der Waals surface area contributed by atoms with Gasteiger partial charge in [-0.2, -0.15) is 10.6 Å². The molecule has 0 atom stereocenters. The van der Waals surface area contributed by atoms with Gasteiger partial charge in [0.2, 0.25) is 5.91 Å². The number of primary amides is 1. The van der Waals surface area contributed by atoms with Gasteiger partial charge in [0.1, 0.15) is 6.61 Å². The Bertz CT molecular complexity index is 480. The molecule has 0 aliphatic heterocycles. The second-order valence-corrected chi connectivity index (χ2v) is 4.27. The van der Waals surface area contributed by atoms with Gasteiger partial charge in [0.15, 0.2) is 0 Å². The van der Waals surface area contributed by atoms with Gasteiger partial charge in [0, 0.05) is 12.1 Å². The molecule has 2 aromatic rings. The molecule has 17 heavy (non-hydrogen) atoms. The zero-order valence-corrected chi connectivity index (χ0v) is 9.79. The number of amides is 1. The van der Waals surface area contributed by atoms with Crippen LogP contribution in [0.5, 0.6) is 0 Å². The number of thiophene rings is 1. The fourth-order valence-corrected chi connectivity index (χ4v) is 2.09. The molecule has 0 fully saturated rings. The molecule has 2 aromatic heterocycles. The molecule has 6 nitrogen and oxygen atoms in total. The van der Waals surface area contributed by atoms with E-state index in [0.717, 1.165) is 16.1 Å². The van der Waals surface area contributed by atoms with Crippen LogP contribution in [0.25, 0.3) is 10.6 Å².